The van der Waals surface area contributed by atoms with Gasteiger partial charge in [-0.15, -0.1) is 0 Å². The van der Waals surface area contributed by atoms with E-state index in [0.717, 1.165) is 29.0 Å². The quantitative estimate of drug-likeness (QED) is 0.549. The number of hydrogen-bond acceptors (Lipinski definition) is 4. The van der Waals surface area contributed by atoms with Crippen LogP contribution in [0.5, 0.6) is 0 Å². The fourth-order valence-electron chi connectivity index (χ4n) is 3.10. The van der Waals surface area contributed by atoms with Crippen LogP contribution in [-0.4, -0.2) is 19.5 Å². The second-order valence-corrected chi connectivity index (χ2v) is 6.39. The van der Waals surface area contributed by atoms with Crippen molar-refractivity contribution in [3.05, 3.63) is 71.8 Å². The maximum atomic E-state index is 12.7. The van der Waals surface area contributed by atoms with E-state index in [0.29, 0.717) is 17.2 Å². The first-order chi connectivity index (χ1) is 13.2. The summed E-state index contributed by atoms with van der Waals surface area (Å²) in [5.41, 5.74) is 4.68. The fraction of sp³-hybridized carbons (Fsp3) is 0.190. The summed E-state index contributed by atoms with van der Waals surface area (Å²) in [6.45, 7) is 3.62. The molecule has 0 fully saturated rings. The molecule has 0 aliphatic heterocycles. The highest BCUT2D eigenvalue weighted by atomic mass is 19.1. The van der Waals surface area contributed by atoms with E-state index < -0.39 is 6.67 Å². The Hall–Kier alpha value is -3.28. The van der Waals surface area contributed by atoms with Crippen LogP contribution in [0.4, 0.5) is 15.9 Å². The molecule has 0 spiro atoms. The van der Waals surface area contributed by atoms with Crippen LogP contribution in [-0.2, 0) is 13.1 Å². The Morgan fingerprint density at radius 2 is 1.78 bits per heavy atom. The molecule has 27 heavy (non-hydrogen) atoms. The predicted octanol–water partition coefficient (Wildman–Crippen LogP) is 4.90. The first kappa shape index (κ1) is 17.1. The highest BCUT2D eigenvalue weighted by molar-refractivity contribution is 5.78. The van der Waals surface area contributed by atoms with Crippen molar-refractivity contribution < 1.29 is 4.39 Å². The molecule has 4 aromatic rings. The maximum Gasteiger partial charge on any atom is 0.159 e. The van der Waals surface area contributed by atoms with Crippen LogP contribution in [0.3, 0.4) is 0 Å². The summed E-state index contributed by atoms with van der Waals surface area (Å²) in [5.74, 6) is 2.18. The van der Waals surface area contributed by atoms with Gasteiger partial charge in [-0.05, 0) is 48.7 Å². The number of nitrogens with one attached hydrogen (secondary N) is 1. The molecule has 0 bridgehead atoms. The summed E-state index contributed by atoms with van der Waals surface area (Å²) in [6.07, 6.45) is 4.35. The molecule has 0 saturated heterocycles. The van der Waals surface area contributed by atoms with E-state index in [1.165, 1.54) is 5.56 Å². The van der Waals surface area contributed by atoms with Crippen molar-refractivity contribution in [2.24, 2.45) is 0 Å². The number of aromatic nitrogens is 4. The van der Waals surface area contributed by atoms with E-state index in [2.05, 4.69) is 34.3 Å². The average Bonchev–Trinajstić information content (AvgIpc) is 3.03. The molecule has 6 heteroatoms. The van der Waals surface area contributed by atoms with E-state index in [9.17, 15) is 4.39 Å². The number of hydrogen-bond donors (Lipinski definition) is 1. The molecule has 0 atom stereocenters. The molecular formula is C21H20FN5. The number of anilines is 2. The molecule has 1 N–H and O–H groups in total. The van der Waals surface area contributed by atoms with Crippen LogP contribution in [0.15, 0.2) is 54.9 Å². The number of rotatable bonds is 5. The number of nitrogens with zero attached hydrogens (tertiary/aromatic N) is 4. The monoisotopic (exact) mass is 361 g/mol. The van der Waals surface area contributed by atoms with Gasteiger partial charge < -0.3 is 5.32 Å². The van der Waals surface area contributed by atoms with Crippen LogP contribution in [0.25, 0.3) is 16.9 Å². The van der Waals surface area contributed by atoms with Crippen LogP contribution in [0, 0.1) is 6.92 Å². The normalized spacial score (nSPS) is 11.1. The molecule has 0 aliphatic carbocycles. The molecule has 2 aromatic heterocycles. The lowest BCUT2D eigenvalue weighted by Crippen LogP contribution is -2.03. The fourth-order valence-corrected chi connectivity index (χ4v) is 3.10. The second kappa shape index (κ2) is 7.15. The molecule has 4 rings (SSSR count). The van der Waals surface area contributed by atoms with Crippen molar-refractivity contribution in [2.45, 2.75) is 26.9 Å². The van der Waals surface area contributed by atoms with Crippen molar-refractivity contribution in [2.75, 3.05) is 5.32 Å². The third kappa shape index (κ3) is 3.38. The molecule has 0 saturated carbocycles. The minimum absolute atomic E-state index is 0.470. The third-order valence-corrected chi connectivity index (χ3v) is 4.53. The SMILES string of the molecule is CCc1ccc2nc(C)n(-c3cncc(Nc4ccc(CF)cc4)n3)c2c1. The molecule has 0 radical (unpaired) electrons. The molecule has 136 valence electrons. The third-order valence-electron chi connectivity index (χ3n) is 4.53. The Morgan fingerprint density at radius 3 is 2.52 bits per heavy atom. The zero-order chi connectivity index (χ0) is 18.8. The van der Waals surface area contributed by atoms with E-state index in [-0.39, 0.29) is 0 Å². The van der Waals surface area contributed by atoms with Gasteiger partial charge in [-0.2, -0.15) is 0 Å². The molecule has 5 nitrogen and oxygen atoms in total. The summed E-state index contributed by atoms with van der Waals surface area (Å²) < 4.78 is 14.7. The largest absolute Gasteiger partial charge is 0.339 e. The molecule has 0 unspecified atom stereocenters. The van der Waals surface area contributed by atoms with Gasteiger partial charge in [0.1, 0.15) is 12.5 Å². The smallest absolute Gasteiger partial charge is 0.159 e. The molecule has 0 aliphatic rings. The summed E-state index contributed by atoms with van der Waals surface area (Å²) in [5, 5.41) is 3.22. The number of halogens is 1. The van der Waals surface area contributed by atoms with Gasteiger partial charge in [-0.3, -0.25) is 9.55 Å². The maximum absolute atomic E-state index is 12.7. The Bertz CT molecular complexity index is 1090. The number of imidazole rings is 1. The van der Waals surface area contributed by atoms with Crippen LogP contribution in [0.2, 0.25) is 0 Å². The lowest BCUT2D eigenvalue weighted by molar-refractivity contribution is 0.485. The zero-order valence-corrected chi connectivity index (χ0v) is 15.3. The van der Waals surface area contributed by atoms with E-state index >= 15 is 0 Å². The van der Waals surface area contributed by atoms with Crippen LogP contribution >= 0.6 is 0 Å². The van der Waals surface area contributed by atoms with E-state index in [4.69, 9.17) is 4.98 Å². The topological polar surface area (TPSA) is 55.6 Å². The van der Waals surface area contributed by atoms with Gasteiger partial charge in [0.15, 0.2) is 11.6 Å². The Labute approximate surface area is 156 Å². The summed E-state index contributed by atoms with van der Waals surface area (Å²) in [7, 11) is 0. The highest BCUT2D eigenvalue weighted by Crippen LogP contribution is 2.23. The predicted molar refractivity (Wildman–Crippen MR) is 105 cm³/mol. The number of alkyl halides is 1. The van der Waals surface area contributed by atoms with Gasteiger partial charge >= 0.3 is 0 Å². The highest BCUT2D eigenvalue weighted by Gasteiger charge is 2.12. The van der Waals surface area contributed by atoms with Gasteiger partial charge in [0.25, 0.3) is 0 Å². The number of aryl methyl sites for hydroxylation is 2. The first-order valence-electron chi connectivity index (χ1n) is 8.90. The Kier molecular flexibility index (Phi) is 4.54. The van der Waals surface area contributed by atoms with Gasteiger partial charge in [0.05, 0.1) is 23.4 Å². The summed E-state index contributed by atoms with van der Waals surface area (Å²) >= 11 is 0. The average molecular weight is 361 g/mol. The summed E-state index contributed by atoms with van der Waals surface area (Å²) in [4.78, 5) is 13.7. The lowest BCUT2D eigenvalue weighted by Gasteiger charge is -2.10. The van der Waals surface area contributed by atoms with Crippen molar-refractivity contribution in [1.82, 2.24) is 19.5 Å². The van der Waals surface area contributed by atoms with Gasteiger partial charge in [0, 0.05) is 5.69 Å². The molecular weight excluding hydrogens is 341 g/mol. The Morgan fingerprint density at radius 1 is 1.00 bits per heavy atom. The summed E-state index contributed by atoms with van der Waals surface area (Å²) in [6, 6.07) is 13.4. The number of fused-ring (bicyclic) bond motifs is 1. The second-order valence-electron chi connectivity index (χ2n) is 6.39. The number of benzene rings is 2. The molecule has 2 heterocycles. The van der Waals surface area contributed by atoms with Gasteiger partial charge in [0.2, 0.25) is 0 Å². The van der Waals surface area contributed by atoms with Crippen molar-refractivity contribution in [3.8, 4) is 5.82 Å². The van der Waals surface area contributed by atoms with Crippen molar-refractivity contribution in [3.63, 3.8) is 0 Å². The Balaban J connectivity index is 1.71. The lowest BCUT2D eigenvalue weighted by atomic mass is 10.1. The van der Waals surface area contributed by atoms with Crippen LogP contribution < -0.4 is 5.32 Å². The first-order valence-corrected chi connectivity index (χ1v) is 8.90. The van der Waals surface area contributed by atoms with Gasteiger partial charge in [-0.1, -0.05) is 25.1 Å². The standard InChI is InChI=1S/C21H20FN5/c1-3-15-6-9-18-19(10-15)27(14(2)24-18)21-13-23-12-20(26-21)25-17-7-4-16(11-22)5-8-17/h4-10,12-13H,3,11H2,1-2H3,(H,25,26). The van der Waals surface area contributed by atoms with Crippen LogP contribution in [0.1, 0.15) is 23.9 Å². The van der Waals surface area contributed by atoms with Crippen molar-refractivity contribution >= 4 is 22.5 Å². The van der Waals surface area contributed by atoms with E-state index in [1.54, 1.807) is 24.5 Å². The molecule has 0 amide bonds. The van der Waals surface area contributed by atoms with Crippen molar-refractivity contribution in [1.29, 1.82) is 0 Å². The zero-order valence-electron chi connectivity index (χ0n) is 15.3. The van der Waals surface area contributed by atoms with Gasteiger partial charge in [-0.25, -0.2) is 14.4 Å². The molecule has 2 aromatic carbocycles. The minimum Gasteiger partial charge on any atom is -0.339 e. The minimum atomic E-state index is -0.470. The van der Waals surface area contributed by atoms with E-state index in [1.807, 2.05) is 29.7 Å².